The Labute approximate surface area is 96.8 Å². The van der Waals surface area contributed by atoms with Crippen molar-refractivity contribution in [2.75, 3.05) is 6.54 Å². The van der Waals surface area contributed by atoms with Crippen molar-refractivity contribution < 1.29 is 9.32 Å². The molecule has 0 fully saturated rings. The van der Waals surface area contributed by atoms with Gasteiger partial charge in [-0.05, 0) is 0 Å². The molecule has 0 unspecified atom stereocenters. The quantitative estimate of drug-likeness (QED) is 0.739. The standard InChI is InChI=1S/C9H12N6O2/c1-2-6-13-8(15-14-6)9(16)10-4-3-7-11-5-12-17-7/h5H,2-4H2,1H3,(H,10,16)(H,13,14,15). The largest absolute Gasteiger partial charge is 0.349 e. The molecule has 2 heterocycles. The van der Waals surface area contributed by atoms with Crippen LogP contribution in [0.25, 0.3) is 0 Å². The number of rotatable bonds is 5. The van der Waals surface area contributed by atoms with E-state index in [4.69, 9.17) is 4.52 Å². The highest BCUT2D eigenvalue weighted by atomic mass is 16.5. The van der Waals surface area contributed by atoms with Gasteiger partial charge in [0.2, 0.25) is 11.7 Å². The van der Waals surface area contributed by atoms with Crippen LogP contribution in [0, 0.1) is 0 Å². The average molecular weight is 236 g/mol. The molecule has 0 spiro atoms. The molecule has 8 nitrogen and oxygen atoms in total. The number of hydrogen-bond donors (Lipinski definition) is 2. The van der Waals surface area contributed by atoms with Gasteiger partial charge in [-0.3, -0.25) is 9.89 Å². The van der Waals surface area contributed by atoms with Crippen molar-refractivity contribution in [3.63, 3.8) is 0 Å². The third-order valence-corrected chi connectivity index (χ3v) is 2.10. The predicted molar refractivity (Wildman–Crippen MR) is 56.1 cm³/mol. The maximum Gasteiger partial charge on any atom is 0.290 e. The van der Waals surface area contributed by atoms with E-state index in [9.17, 15) is 4.79 Å². The van der Waals surface area contributed by atoms with Crippen LogP contribution in [0.1, 0.15) is 29.3 Å². The Hall–Kier alpha value is -2.25. The zero-order valence-corrected chi connectivity index (χ0v) is 9.30. The summed E-state index contributed by atoms with van der Waals surface area (Å²) in [6, 6.07) is 0. The first kappa shape index (κ1) is 11.2. The summed E-state index contributed by atoms with van der Waals surface area (Å²) >= 11 is 0. The predicted octanol–water partition coefficient (Wildman–Crippen LogP) is -0.277. The fourth-order valence-electron chi connectivity index (χ4n) is 1.22. The third kappa shape index (κ3) is 2.86. The van der Waals surface area contributed by atoms with E-state index < -0.39 is 0 Å². The molecular weight excluding hydrogens is 224 g/mol. The summed E-state index contributed by atoms with van der Waals surface area (Å²) < 4.78 is 4.79. The van der Waals surface area contributed by atoms with Crippen LogP contribution in [0.15, 0.2) is 10.9 Å². The van der Waals surface area contributed by atoms with Gasteiger partial charge >= 0.3 is 0 Å². The summed E-state index contributed by atoms with van der Waals surface area (Å²) in [5.41, 5.74) is 0. The second-order valence-electron chi connectivity index (χ2n) is 3.30. The lowest BCUT2D eigenvalue weighted by molar-refractivity contribution is 0.0943. The Bertz CT molecular complexity index is 477. The number of aromatic nitrogens is 5. The number of aromatic amines is 1. The molecule has 0 atom stereocenters. The zero-order valence-electron chi connectivity index (χ0n) is 9.30. The minimum absolute atomic E-state index is 0.146. The Morgan fingerprint density at radius 2 is 2.47 bits per heavy atom. The number of H-pyrrole nitrogens is 1. The molecule has 1 amide bonds. The summed E-state index contributed by atoms with van der Waals surface area (Å²) in [5, 5.41) is 12.6. The summed E-state index contributed by atoms with van der Waals surface area (Å²) in [7, 11) is 0. The Morgan fingerprint density at radius 3 is 3.12 bits per heavy atom. The van der Waals surface area contributed by atoms with Crippen LogP contribution in [0.4, 0.5) is 0 Å². The van der Waals surface area contributed by atoms with E-state index in [0.717, 1.165) is 0 Å². The second kappa shape index (κ2) is 5.19. The van der Waals surface area contributed by atoms with Crippen molar-refractivity contribution in [3.05, 3.63) is 23.9 Å². The first-order valence-corrected chi connectivity index (χ1v) is 5.24. The highest BCUT2D eigenvalue weighted by Gasteiger charge is 2.11. The maximum atomic E-state index is 11.6. The van der Waals surface area contributed by atoms with Gasteiger partial charge in [0.25, 0.3) is 5.91 Å². The van der Waals surface area contributed by atoms with Crippen LogP contribution >= 0.6 is 0 Å². The fourth-order valence-corrected chi connectivity index (χ4v) is 1.22. The number of carbonyl (C=O) groups is 1. The molecule has 2 N–H and O–H groups in total. The van der Waals surface area contributed by atoms with E-state index in [1.807, 2.05) is 6.92 Å². The van der Waals surface area contributed by atoms with Gasteiger partial charge in [0, 0.05) is 19.4 Å². The molecule has 0 aliphatic carbocycles. The molecular formula is C9H12N6O2. The van der Waals surface area contributed by atoms with Crippen molar-refractivity contribution in [3.8, 4) is 0 Å². The smallest absolute Gasteiger partial charge is 0.290 e. The van der Waals surface area contributed by atoms with Crippen LogP contribution in [0.2, 0.25) is 0 Å². The summed E-state index contributed by atoms with van der Waals surface area (Å²) in [5.74, 6) is 0.995. The maximum absolute atomic E-state index is 11.6. The molecule has 0 radical (unpaired) electrons. The molecule has 2 rings (SSSR count). The van der Waals surface area contributed by atoms with Crippen LogP contribution in [-0.2, 0) is 12.8 Å². The third-order valence-electron chi connectivity index (χ3n) is 2.10. The van der Waals surface area contributed by atoms with Gasteiger partial charge < -0.3 is 9.84 Å². The van der Waals surface area contributed by atoms with Crippen molar-refractivity contribution in [1.29, 1.82) is 0 Å². The minimum Gasteiger partial charge on any atom is -0.349 e. The van der Waals surface area contributed by atoms with Gasteiger partial charge in [-0.25, -0.2) is 4.98 Å². The Morgan fingerprint density at radius 1 is 1.59 bits per heavy atom. The van der Waals surface area contributed by atoms with Crippen LogP contribution < -0.4 is 5.32 Å². The summed E-state index contributed by atoms with van der Waals surface area (Å²) in [6.45, 7) is 2.33. The van der Waals surface area contributed by atoms with Crippen LogP contribution in [0.3, 0.4) is 0 Å². The molecule has 0 saturated carbocycles. The number of carbonyl (C=O) groups excluding carboxylic acids is 1. The summed E-state index contributed by atoms with van der Waals surface area (Å²) in [4.78, 5) is 19.4. The van der Waals surface area contributed by atoms with E-state index in [1.165, 1.54) is 6.33 Å². The number of amides is 1. The zero-order chi connectivity index (χ0) is 12.1. The summed E-state index contributed by atoms with van der Waals surface area (Å²) in [6.07, 6.45) is 2.51. The van der Waals surface area contributed by atoms with E-state index in [0.29, 0.717) is 31.1 Å². The van der Waals surface area contributed by atoms with Gasteiger partial charge in [-0.2, -0.15) is 4.98 Å². The molecule has 0 aliphatic heterocycles. The molecule has 2 aromatic heterocycles. The highest BCUT2D eigenvalue weighted by Crippen LogP contribution is 1.94. The Kier molecular flexibility index (Phi) is 3.43. The minimum atomic E-state index is -0.319. The fraction of sp³-hybridized carbons (Fsp3) is 0.444. The molecule has 2 aromatic rings. The van der Waals surface area contributed by atoms with Crippen molar-refractivity contribution in [1.82, 2.24) is 30.6 Å². The lowest BCUT2D eigenvalue weighted by atomic mass is 10.4. The van der Waals surface area contributed by atoms with Gasteiger partial charge in [0.15, 0.2) is 6.33 Å². The van der Waals surface area contributed by atoms with E-state index >= 15 is 0 Å². The van der Waals surface area contributed by atoms with Gasteiger partial charge in [0.05, 0.1) is 0 Å². The first-order valence-electron chi connectivity index (χ1n) is 5.24. The van der Waals surface area contributed by atoms with E-state index in [2.05, 4.69) is 30.6 Å². The lowest BCUT2D eigenvalue weighted by Gasteiger charge is -1.98. The van der Waals surface area contributed by atoms with Gasteiger partial charge in [-0.15, -0.1) is 5.10 Å². The molecule has 17 heavy (non-hydrogen) atoms. The van der Waals surface area contributed by atoms with Crippen molar-refractivity contribution in [2.24, 2.45) is 0 Å². The second-order valence-corrected chi connectivity index (χ2v) is 3.30. The molecule has 0 aromatic carbocycles. The topological polar surface area (TPSA) is 110 Å². The monoisotopic (exact) mass is 236 g/mol. The van der Waals surface area contributed by atoms with Crippen LogP contribution in [0.5, 0.6) is 0 Å². The highest BCUT2D eigenvalue weighted by molar-refractivity contribution is 5.90. The lowest BCUT2D eigenvalue weighted by Crippen LogP contribution is -2.26. The van der Waals surface area contributed by atoms with Gasteiger partial charge in [-0.1, -0.05) is 12.1 Å². The van der Waals surface area contributed by atoms with Crippen molar-refractivity contribution in [2.45, 2.75) is 19.8 Å². The average Bonchev–Trinajstić information content (AvgIpc) is 2.99. The van der Waals surface area contributed by atoms with Crippen molar-refractivity contribution >= 4 is 5.91 Å². The SMILES string of the molecule is CCc1nc(C(=O)NCCc2ncno2)n[nH]1. The van der Waals surface area contributed by atoms with Gasteiger partial charge in [0.1, 0.15) is 5.82 Å². The molecule has 0 bridgehead atoms. The molecule has 90 valence electrons. The number of hydrogen-bond acceptors (Lipinski definition) is 6. The number of nitrogens with zero attached hydrogens (tertiary/aromatic N) is 4. The molecule has 0 aliphatic rings. The van der Waals surface area contributed by atoms with Crippen LogP contribution in [-0.4, -0.2) is 37.8 Å². The Balaban J connectivity index is 1.81. The first-order chi connectivity index (χ1) is 8.29. The van der Waals surface area contributed by atoms with E-state index in [-0.39, 0.29) is 11.7 Å². The van der Waals surface area contributed by atoms with E-state index in [1.54, 1.807) is 0 Å². The number of nitrogens with one attached hydrogen (secondary N) is 2. The number of aryl methyl sites for hydroxylation is 1. The normalized spacial score (nSPS) is 10.4. The molecule has 0 saturated heterocycles. The molecule has 8 heteroatoms.